The Hall–Kier alpha value is -2.83. The molecule has 0 aliphatic heterocycles. The molecule has 28 heavy (non-hydrogen) atoms. The quantitative estimate of drug-likeness (QED) is 0.656. The van der Waals surface area contributed by atoms with Gasteiger partial charge in [0.1, 0.15) is 0 Å². The molecule has 0 atom stereocenters. The number of halogens is 1. The number of nitrogens with zero attached hydrogens (tertiary/aromatic N) is 1. The monoisotopic (exact) mass is 414 g/mol. The predicted octanol–water partition coefficient (Wildman–Crippen LogP) is 4.73. The molecule has 5 nitrogen and oxygen atoms in total. The van der Waals surface area contributed by atoms with Crippen LogP contribution < -0.4 is 9.62 Å². The highest BCUT2D eigenvalue weighted by atomic mass is 35.5. The van der Waals surface area contributed by atoms with Crippen molar-refractivity contribution in [3.63, 3.8) is 0 Å². The summed E-state index contributed by atoms with van der Waals surface area (Å²) in [6.07, 6.45) is 0. The van der Waals surface area contributed by atoms with Crippen LogP contribution in [-0.4, -0.2) is 21.4 Å². The maximum Gasteiger partial charge on any atom is 0.264 e. The molecule has 0 aliphatic carbocycles. The number of para-hydroxylation sites is 1. The van der Waals surface area contributed by atoms with Crippen LogP contribution in [0.4, 0.5) is 11.4 Å². The lowest BCUT2D eigenvalue weighted by Gasteiger charge is -2.19. The van der Waals surface area contributed by atoms with E-state index in [0.717, 1.165) is 5.56 Å². The van der Waals surface area contributed by atoms with Gasteiger partial charge in [0, 0.05) is 12.6 Å². The molecule has 1 amide bonds. The maximum absolute atomic E-state index is 12.8. The van der Waals surface area contributed by atoms with E-state index in [9.17, 15) is 13.2 Å². The summed E-state index contributed by atoms with van der Waals surface area (Å²) in [7, 11) is -2.23. The zero-order valence-corrected chi connectivity index (χ0v) is 17.0. The lowest BCUT2D eigenvalue weighted by molar-refractivity contribution is 0.102. The van der Waals surface area contributed by atoms with E-state index in [4.69, 9.17) is 11.6 Å². The standard InChI is InChI=1S/C21H19ClN2O3S/c1-15-8-13-20(19(22)14-15)23-21(25)16-9-11-18(12-10-16)28(26,27)24(2)17-6-4-3-5-7-17/h3-14H,1-2H3,(H,23,25). The fourth-order valence-corrected chi connectivity index (χ4v) is 4.11. The van der Waals surface area contributed by atoms with E-state index in [-0.39, 0.29) is 10.8 Å². The number of rotatable bonds is 5. The van der Waals surface area contributed by atoms with Gasteiger partial charge in [-0.1, -0.05) is 35.9 Å². The Morgan fingerprint density at radius 2 is 1.61 bits per heavy atom. The van der Waals surface area contributed by atoms with Crippen LogP contribution >= 0.6 is 11.6 Å². The van der Waals surface area contributed by atoms with Crippen LogP contribution in [0.5, 0.6) is 0 Å². The largest absolute Gasteiger partial charge is 0.321 e. The second-order valence-electron chi connectivity index (χ2n) is 6.27. The minimum atomic E-state index is -3.72. The molecule has 0 aromatic heterocycles. The van der Waals surface area contributed by atoms with Crippen LogP contribution in [-0.2, 0) is 10.0 Å². The molecule has 144 valence electrons. The lowest BCUT2D eigenvalue weighted by Crippen LogP contribution is -2.26. The van der Waals surface area contributed by atoms with Gasteiger partial charge in [0.05, 0.1) is 21.3 Å². The molecule has 0 saturated heterocycles. The number of benzene rings is 3. The minimum absolute atomic E-state index is 0.101. The fourth-order valence-electron chi connectivity index (χ4n) is 2.63. The summed E-state index contributed by atoms with van der Waals surface area (Å²) in [5.74, 6) is -0.369. The molecule has 3 aromatic rings. The summed E-state index contributed by atoms with van der Waals surface area (Å²) in [6, 6.07) is 19.9. The van der Waals surface area contributed by atoms with E-state index in [1.165, 1.54) is 35.6 Å². The number of hydrogen-bond donors (Lipinski definition) is 1. The molecular weight excluding hydrogens is 396 g/mol. The highest BCUT2D eigenvalue weighted by molar-refractivity contribution is 7.92. The van der Waals surface area contributed by atoms with Gasteiger partial charge in [-0.2, -0.15) is 0 Å². The number of carbonyl (C=O) groups is 1. The van der Waals surface area contributed by atoms with E-state index in [0.29, 0.717) is 22.0 Å². The third-order valence-electron chi connectivity index (χ3n) is 4.27. The molecule has 0 aliphatic rings. The van der Waals surface area contributed by atoms with Crippen molar-refractivity contribution in [3.8, 4) is 0 Å². The van der Waals surface area contributed by atoms with Crippen molar-refractivity contribution >= 4 is 38.9 Å². The third kappa shape index (κ3) is 4.18. The Morgan fingerprint density at radius 1 is 0.964 bits per heavy atom. The summed E-state index contributed by atoms with van der Waals surface area (Å²) in [6.45, 7) is 1.91. The van der Waals surface area contributed by atoms with Crippen LogP contribution in [0.25, 0.3) is 0 Å². The average molecular weight is 415 g/mol. The summed E-state index contributed by atoms with van der Waals surface area (Å²) < 4.78 is 26.8. The Labute approximate surface area is 169 Å². The summed E-state index contributed by atoms with van der Waals surface area (Å²) >= 11 is 6.14. The molecule has 0 spiro atoms. The number of sulfonamides is 1. The van der Waals surface area contributed by atoms with Crippen molar-refractivity contribution in [3.05, 3.63) is 88.9 Å². The Morgan fingerprint density at radius 3 is 2.21 bits per heavy atom. The summed E-state index contributed by atoms with van der Waals surface area (Å²) in [4.78, 5) is 12.5. The first-order chi connectivity index (χ1) is 13.3. The normalized spacial score (nSPS) is 11.1. The van der Waals surface area contributed by atoms with Gasteiger partial charge < -0.3 is 5.32 Å². The van der Waals surface area contributed by atoms with Gasteiger partial charge in [-0.25, -0.2) is 8.42 Å². The van der Waals surface area contributed by atoms with Crippen molar-refractivity contribution in [2.45, 2.75) is 11.8 Å². The van der Waals surface area contributed by atoms with E-state index in [1.807, 2.05) is 19.1 Å². The van der Waals surface area contributed by atoms with Crippen molar-refractivity contribution < 1.29 is 13.2 Å². The number of hydrogen-bond acceptors (Lipinski definition) is 3. The molecule has 7 heteroatoms. The van der Waals surface area contributed by atoms with Gasteiger partial charge in [0.15, 0.2) is 0 Å². The maximum atomic E-state index is 12.8. The highest BCUT2D eigenvalue weighted by Gasteiger charge is 2.21. The number of aryl methyl sites for hydroxylation is 1. The Balaban J connectivity index is 1.80. The first kappa shape index (κ1) is 19.9. The smallest absolute Gasteiger partial charge is 0.264 e. The number of anilines is 2. The second-order valence-corrected chi connectivity index (χ2v) is 8.65. The van der Waals surface area contributed by atoms with Crippen molar-refractivity contribution in [1.82, 2.24) is 0 Å². The minimum Gasteiger partial charge on any atom is -0.321 e. The van der Waals surface area contributed by atoms with Crippen molar-refractivity contribution in [1.29, 1.82) is 0 Å². The first-order valence-corrected chi connectivity index (χ1v) is 10.3. The van der Waals surface area contributed by atoms with Crippen LogP contribution in [0, 0.1) is 6.92 Å². The molecule has 3 rings (SSSR count). The van der Waals surface area contributed by atoms with Crippen molar-refractivity contribution in [2.24, 2.45) is 0 Å². The van der Waals surface area contributed by atoms with Crippen LogP contribution in [0.3, 0.4) is 0 Å². The second kappa shape index (κ2) is 8.04. The first-order valence-electron chi connectivity index (χ1n) is 8.50. The zero-order valence-electron chi connectivity index (χ0n) is 15.4. The fraction of sp³-hybridized carbons (Fsp3) is 0.0952. The van der Waals surface area contributed by atoms with Gasteiger partial charge in [-0.05, 0) is 61.0 Å². The van der Waals surface area contributed by atoms with Crippen LogP contribution in [0.1, 0.15) is 15.9 Å². The Kier molecular flexibility index (Phi) is 5.72. The molecule has 0 fully saturated rings. The predicted molar refractivity (Wildman–Crippen MR) is 113 cm³/mol. The molecular formula is C21H19ClN2O3S. The summed E-state index contributed by atoms with van der Waals surface area (Å²) in [5.41, 5.74) is 2.37. The Bertz CT molecular complexity index is 1100. The lowest BCUT2D eigenvalue weighted by atomic mass is 10.2. The number of nitrogens with one attached hydrogen (secondary N) is 1. The molecule has 3 aromatic carbocycles. The van der Waals surface area contributed by atoms with E-state index >= 15 is 0 Å². The van der Waals surface area contributed by atoms with Crippen LogP contribution in [0.2, 0.25) is 5.02 Å². The topological polar surface area (TPSA) is 66.5 Å². The van der Waals surface area contributed by atoms with Gasteiger partial charge in [-0.3, -0.25) is 9.10 Å². The number of amides is 1. The van der Waals surface area contributed by atoms with E-state index in [1.54, 1.807) is 36.4 Å². The van der Waals surface area contributed by atoms with Gasteiger partial charge in [0.25, 0.3) is 15.9 Å². The number of carbonyl (C=O) groups excluding carboxylic acids is 1. The van der Waals surface area contributed by atoms with E-state index in [2.05, 4.69) is 5.32 Å². The molecule has 1 N–H and O–H groups in total. The summed E-state index contributed by atoms with van der Waals surface area (Å²) in [5, 5.41) is 3.17. The van der Waals surface area contributed by atoms with Gasteiger partial charge >= 0.3 is 0 Å². The average Bonchev–Trinajstić information content (AvgIpc) is 2.70. The van der Waals surface area contributed by atoms with Crippen LogP contribution in [0.15, 0.2) is 77.7 Å². The van der Waals surface area contributed by atoms with Gasteiger partial charge in [-0.15, -0.1) is 0 Å². The molecule has 0 heterocycles. The highest BCUT2D eigenvalue weighted by Crippen LogP contribution is 2.24. The van der Waals surface area contributed by atoms with Crippen molar-refractivity contribution in [2.75, 3.05) is 16.7 Å². The molecule has 0 saturated carbocycles. The van der Waals surface area contributed by atoms with E-state index < -0.39 is 10.0 Å². The molecule has 0 bridgehead atoms. The third-order valence-corrected chi connectivity index (χ3v) is 6.38. The molecule has 0 radical (unpaired) electrons. The molecule has 0 unspecified atom stereocenters. The SMILES string of the molecule is Cc1ccc(NC(=O)c2ccc(S(=O)(=O)N(C)c3ccccc3)cc2)c(Cl)c1. The zero-order chi connectivity index (χ0) is 20.3. The van der Waals surface area contributed by atoms with Gasteiger partial charge in [0.2, 0.25) is 0 Å².